The van der Waals surface area contributed by atoms with Gasteiger partial charge in [0.05, 0.1) is 36.5 Å². The second-order valence-electron chi connectivity index (χ2n) is 8.17. The lowest BCUT2D eigenvalue weighted by molar-refractivity contribution is -0.117. The van der Waals surface area contributed by atoms with Crippen molar-refractivity contribution in [2.75, 3.05) is 30.6 Å². The van der Waals surface area contributed by atoms with Gasteiger partial charge >= 0.3 is 0 Å². The summed E-state index contributed by atoms with van der Waals surface area (Å²) in [5, 5.41) is 5.56. The number of anilines is 2. The van der Waals surface area contributed by atoms with Gasteiger partial charge in [-0.2, -0.15) is 0 Å². The summed E-state index contributed by atoms with van der Waals surface area (Å²) in [6.07, 6.45) is 0.764. The number of methoxy groups -OCH3 is 2. The molecule has 0 saturated heterocycles. The van der Waals surface area contributed by atoms with Crippen LogP contribution in [-0.4, -0.2) is 40.2 Å². The number of carbonyl (C=O) groups excluding carboxylic acids is 2. The fraction of sp³-hybridized carbons (Fsp3) is 0.231. The Labute approximate surface area is 204 Å². The number of carbonyl (C=O) groups is 2. The van der Waals surface area contributed by atoms with Crippen molar-refractivity contribution in [3.05, 3.63) is 77.9 Å². The van der Waals surface area contributed by atoms with Crippen LogP contribution in [0.1, 0.15) is 23.5 Å². The van der Waals surface area contributed by atoms with Crippen molar-refractivity contribution in [2.45, 2.75) is 23.7 Å². The number of sulfone groups is 1. The molecule has 35 heavy (non-hydrogen) atoms. The number of hydrogen-bond acceptors (Lipinski definition) is 6. The van der Waals surface area contributed by atoms with Gasteiger partial charge < -0.3 is 20.1 Å². The van der Waals surface area contributed by atoms with Crippen molar-refractivity contribution >= 4 is 33.0 Å². The van der Waals surface area contributed by atoms with Crippen molar-refractivity contribution in [2.24, 2.45) is 0 Å². The Morgan fingerprint density at radius 2 is 1.77 bits per heavy atom. The summed E-state index contributed by atoms with van der Waals surface area (Å²) in [6, 6.07) is 18.4. The smallest absolute Gasteiger partial charge is 0.233 e. The molecule has 0 fully saturated rings. The van der Waals surface area contributed by atoms with Crippen LogP contribution in [0.2, 0.25) is 0 Å². The van der Waals surface area contributed by atoms with Crippen LogP contribution in [-0.2, 0) is 25.8 Å². The van der Waals surface area contributed by atoms with Crippen LogP contribution < -0.4 is 20.1 Å². The van der Waals surface area contributed by atoms with Crippen molar-refractivity contribution in [3.63, 3.8) is 0 Å². The molecule has 0 aromatic heterocycles. The second kappa shape index (κ2) is 10.2. The average molecular weight is 495 g/mol. The molecule has 1 heterocycles. The number of rotatable bonds is 8. The normalized spacial score (nSPS) is 13.8. The fourth-order valence-electron chi connectivity index (χ4n) is 4.00. The third-order valence-corrected chi connectivity index (χ3v) is 7.65. The number of aryl methyl sites for hydroxylation is 1. The van der Waals surface area contributed by atoms with E-state index in [2.05, 4.69) is 10.6 Å². The zero-order valence-electron chi connectivity index (χ0n) is 19.4. The van der Waals surface area contributed by atoms with Gasteiger partial charge in [0, 0.05) is 18.2 Å². The summed E-state index contributed by atoms with van der Waals surface area (Å²) in [4.78, 5) is 25.1. The summed E-state index contributed by atoms with van der Waals surface area (Å²) in [5.41, 5.74) is 2.35. The number of nitrogens with one attached hydrogen (secondary N) is 2. The number of hydrogen-bond donors (Lipinski definition) is 2. The fourth-order valence-corrected chi connectivity index (χ4v) is 5.57. The first-order valence-electron chi connectivity index (χ1n) is 11.0. The molecule has 0 saturated carbocycles. The molecule has 182 valence electrons. The maximum Gasteiger partial charge on any atom is 0.233 e. The summed E-state index contributed by atoms with van der Waals surface area (Å²) in [6.45, 7) is 0. The molecule has 8 nitrogen and oxygen atoms in total. The van der Waals surface area contributed by atoms with Gasteiger partial charge in [0.15, 0.2) is 9.84 Å². The van der Waals surface area contributed by atoms with E-state index in [0.29, 0.717) is 41.3 Å². The number of ether oxygens (including phenoxy) is 2. The van der Waals surface area contributed by atoms with Gasteiger partial charge in [-0.1, -0.05) is 30.3 Å². The monoisotopic (exact) mass is 494 g/mol. The minimum absolute atomic E-state index is 0.0946. The summed E-state index contributed by atoms with van der Waals surface area (Å²) in [7, 11) is -0.843. The second-order valence-corrected chi connectivity index (χ2v) is 10.2. The number of amides is 2. The van der Waals surface area contributed by atoms with Crippen LogP contribution in [0.4, 0.5) is 11.4 Å². The maximum atomic E-state index is 13.4. The van der Waals surface area contributed by atoms with Gasteiger partial charge in [-0.3, -0.25) is 9.59 Å². The minimum atomic E-state index is -3.84. The Morgan fingerprint density at radius 1 is 1.00 bits per heavy atom. The molecular formula is C26H26N2O6S. The third kappa shape index (κ3) is 5.46. The van der Waals surface area contributed by atoms with E-state index in [4.69, 9.17) is 9.47 Å². The van der Waals surface area contributed by atoms with Gasteiger partial charge in [0.2, 0.25) is 11.8 Å². The minimum Gasteiger partial charge on any atom is -0.497 e. The topological polar surface area (TPSA) is 111 Å². The molecule has 0 bridgehead atoms. The molecule has 1 aliphatic rings. The lowest BCUT2D eigenvalue weighted by atomic mass is 10.00. The highest BCUT2D eigenvalue weighted by Gasteiger charge is 2.30. The van der Waals surface area contributed by atoms with E-state index in [-0.39, 0.29) is 10.8 Å². The molecule has 0 spiro atoms. The Kier molecular flexibility index (Phi) is 7.07. The van der Waals surface area contributed by atoms with Gasteiger partial charge in [-0.25, -0.2) is 8.42 Å². The first-order valence-corrected chi connectivity index (χ1v) is 12.7. The third-order valence-electron chi connectivity index (χ3n) is 5.90. The molecule has 0 radical (unpaired) electrons. The zero-order chi connectivity index (χ0) is 25.0. The first-order chi connectivity index (χ1) is 16.8. The van der Waals surface area contributed by atoms with Crippen LogP contribution in [0.5, 0.6) is 11.5 Å². The lowest BCUT2D eigenvalue weighted by Gasteiger charge is -2.20. The highest BCUT2D eigenvalue weighted by atomic mass is 32.2. The molecule has 3 aromatic carbocycles. The highest BCUT2D eigenvalue weighted by Crippen LogP contribution is 2.32. The average Bonchev–Trinajstić information content (AvgIpc) is 2.87. The van der Waals surface area contributed by atoms with Crippen molar-refractivity contribution in [3.8, 4) is 11.5 Å². The Balaban J connectivity index is 1.64. The molecule has 2 N–H and O–H groups in total. The Morgan fingerprint density at radius 3 is 2.49 bits per heavy atom. The zero-order valence-corrected chi connectivity index (χ0v) is 20.2. The largest absolute Gasteiger partial charge is 0.497 e. The van der Waals surface area contributed by atoms with E-state index < -0.39 is 27.4 Å². The van der Waals surface area contributed by atoms with Crippen LogP contribution in [0.25, 0.3) is 0 Å². The van der Waals surface area contributed by atoms with Crippen molar-refractivity contribution < 1.29 is 27.5 Å². The van der Waals surface area contributed by atoms with Crippen LogP contribution >= 0.6 is 0 Å². The quantitative estimate of drug-likeness (QED) is 0.493. The van der Waals surface area contributed by atoms with Gasteiger partial charge in [-0.15, -0.1) is 0 Å². The van der Waals surface area contributed by atoms with E-state index >= 15 is 0 Å². The lowest BCUT2D eigenvalue weighted by Crippen LogP contribution is -2.28. The molecule has 1 unspecified atom stereocenters. The molecule has 1 atom stereocenters. The van der Waals surface area contributed by atoms with Crippen molar-refractivity contribution in [1.82, 2.24) is 0 Å². The molecular weight excluding hydrogens is 468 g/mol. The predicted octanol–water partition coefficient (Wildman–Crippen LogP) is 3.78. The van der Waals surface area contributed by atoms with E-state index in [9.17, 15) is 18.0 Å². The molecule has 9 heteroatoms. The SMILES string of the molecule is COc1ccc(NC(=O)C(CS(=O)(=O)c2ccc3c(c2)CCC(=O)N3)c2ccccc2)c(OC)c1. The van der Waals surface area contributed by atoms with E-state index in [1.807, 2.05) is 0 Å². The summed E-state index contributed by atoms with van der Waals surface area (Å²) >= 11 is 0. The van der Waals surface area contributed by atoms with Crippen LogP contribution in [0.15, 0.2) is 71.6 Å². The first kappa shape index (κ1) is 24.3. The van der Waals surface area contributed by atoms with Gasteiger partial charge in [-0.05, 0) is 47.9 Å². The molecule has 3 aromatic rings. The van der Waals surface area contributed by atoms with Gasteiger partial charge in [0.1, 0.15) is 11.5 Å². The Hall–Kier alpha value is -3.85. The Bertz CT molecular complexity index is 1360. The van der Waals surface area contributed by atoms with E-state index in [1.54, 1.807) is 60.7 Å². The standard InChI is InChI=1S/C26H26N2O6S/c1-33-19-9-11-23(24(15-19)34-2)28-26(30)21(17-6-4-3-5-7-17)16-35(31,32)20-10-12-22-18(14-20)8-13-25(29)27-22/h3-7,9-12,14-15,21H,8,13,16H2,1-2H3,(H,27,29)(H,28,30). The number of benzene rings is 3. The van der Waals surface area contributed by atoms with Crippen molar-refractivity contribution in [1.29, 1.82) is 0 Å². The molecule has 4 rings (SSSR count). The van der Waals surface area contributed by atoms with E-state index in [1.165, 1.54) is 20.3 Å². The summed E-state index contributed by atoms with van der Waals surface area (Å²) < 4.78 is 37.4. The van der Waals surface area contributed by atoms with Crippen LogP contribution in [0, 0.1) is 0 Å². The maximum absolute atomic E-state index is 13.4. The predicted molar refractivity (Wildman–Crippen MR) is 133 cm³/mol. The number of fused-ring (bicyclic) bond motifs is 1. The molecule has 2 amide bonds. The molecule has 0 aliphatic carbocycles. The van der Waals surface area contributed by atoms with Crippen LogP contribution in [0.3, 0.4) is 0 Å². The molecule has 1 aliphatic heterocycles. The highest BCUT2D eigenvalue weighted by molar-refractivity contribution is 7.91. The van der Waals surface area contributed by atoms with Gasteiger partial charge in [0.25, 0.3) is 0 Å². The summed E-state index contributed by atoms with van der Waals surface area (Å²) in [5.74, 6) is -1.01. The van der Waals surface area contributed by atoms with E-state index in [0.717, 1.165) is 5.56 Å².